The van der Waals surface area contributed by atoms with E-state index in [0.29, 0.717) is 40.4 Å². The van der Waals surface area contributed by atoms with E-state index in [1.54, 1.807) is 66.0 Å². The van der Waals surface area contributed by atoms with Gasteiger partial charge < -0.3 is 14.6 Å². The molecule has 3 aromatic carbocycles. The first kappa shape index (κ1) is 21.6. The van der Waals surface area contributed by atoms with Gasteiger partial charge in [-0.3, -0.25) is 9.59 Å². The number of para-hydroxylation sites is 1. The lowest BCUT2D eigenvalue weighted by atomic mass is 9.92. The van der Waals surface area contributed by atoms with Crippen molar-refractivity contribution >= 4 is 45.9 Å². The lowest BCUT2D eigenvalue weighted by Gasteiger charge is -2.25. The van der Waals surface area contributed by atoms with Gasteiger partial charge in [-0.2, -0.15) is 4.31 Å². The van der Waals surface area contributed by atoms with Gasteiger partial charge >= 0.3 is 0 Å². The Bertz CT molecular complexity index is 1310. The molecule has 8 heteroatoms. The van der Waals surface area contributed by atoms with Crippen LogP contribution in [-0.2, 0) is 17.8 Å². The number of nitrogens with zero attached hydrogens (tertiary/aromatic N) is 1. The summed E-state index contributed by atoms with van der Waals surface area (Å²) in [5.74, 6) is -0.0727. The van der Waals surface area contributed by atoms with Crippen LogP contribution in [0.25, 0.3) is 0 Å². The Morgan fingerprint density at radius 2 is 1.67 bits per heavy atom. The highest BCUT2D eigenvalue weighted by Gasteiger charge is 2.35. The molecule has 1 heterocycles. The number of rotatable bonds is 5. The minimum atomic E-state index is -1.47. The van der Waals surface area contributed by atoms with Gasteiger partial charge in [-0.05, 0) is 42.3 Å². The maximum Gasteiger partial charge on any atom is 0.211 e. The van der Waals surface area contributed by atoms with Crippen LogP contribution in [0.1, 0.15) is 26.3 Å². The number of benzene rings is 3. The average Bonchev–Trinajstić information content (AvgIpc) is 3.30. The normalized spacial score (nSPS) is 15.9. The highest BCUT2D eigenvalue weighted by atomic mass is 35.5. The predicted octanol–water partition coefficient (Wildman–Crippen LogP) is 4.72. The number of ether oxygens (including phenoxy) is 1. The fourth-order valence-electron chi connectivity index (χ4n) is 4.10. The molecule has 0 amide bonds. The summed E-state index contributed by atoms with van der Waals surface area (Å²) >= 11 is 4.87. The van der Waals surface area contributed by atoms with Crippen molar-refractivity contribution < 1.29 is 18.9 Å². The number of methoxy groups -OCH3 is 1. The van der Waals surface area contributed by atoms with Crippen LogP contribution in [0.4, 0.5) is 11.4 Å². The summed E-state index contributed by atoms with van der Waals surface area (Å²) in [5, 5.41) is 2.93. The highest BCUT2D eigenvalue weighted by molar-refractivity contribution is 7.92. The van der Waals surface area contributed by atoms with E-state index in [4.69, 9.17) is 16.3 Å². The molecule has 0 spiro atoms. The molecule has 5 rings (SSSR count). The molecular weight excluding hydrogens is 460 g/mol. The molecule has 33 heavy (non-hydrogen) atoms. The quantitative estimate of drug-likeness (QED) is 0.534. The average molecular weight is 479 g/mol. The van der Waals surface area contributed by atoms with Gasteiger partial charge in [0.2, 0.25) is 11.6 Å². The molecule has 6 nitrogen and oxygen atoms in total. The molecule has 3 aromatic rings. The maximum atomic E-state index is 13.4. The van der Waals surface area contributed by atoms with E-state index in [-0.39, 0.29) is 16.5 Å². The third kappa shape index (κ3) is 3.68. The van der Waals surface area contributed by atoms with Gasteiger partial charge in [-0.1, -0.05) is 48.0 Å². The number of hydrogen-bond acceptors (Lipinski definition) is 6. The molecule has 0 fully saturated rings. The van der Waals surface area contributed by atoms with Crippen LogP contribution >= 0.6 is 11.6 Å². The second-order valence-electron chi connectivity index (χ2n) is 7.61. The number of fused-ring (bicyclic) bond motifs is 2. The zero-order chi connectivity index (χ0) is 23.1. The zero-order valence-corrected chi connectivity index (χ0v) is 19.2. The van der Waals surface area contributed by atoms with Gasteiger partial charge in [0, 0.05) is 11.1 Å². The summed E-state index contributed by atoms with van der Waals surface area (Å²) in [7, 11) is 1.58. The zero-order valence-electron chi connectivity index (χ0n) is 17.6. The molecule has 166 valence electrons. The Morgan fingerprint density at radius 1 is 0.970 bits per heavy atom. The summed E-state index contributed by atoms with van der Waals surface area (Å²) in [6, 6.07) is 19.3. The number of nitrogens with one attached hydrogen (secondary N) is 1. The third-order valence-electron chi connectivity index (χ3n) is 5.74. The van der Waals surface area contributed by atoms with E-state index in [1.807, 2.05) is 12.1 Å². The van der Waals surface area contributed by atoms with Crippen LogP contribution < -0.4 is 14.4 Å². The minimum Gasteiger partial charge on any atom is -0.588 e. The second-order valence-corrected chi connectivity index (χ2v) is 9.40. The first-order chi connectivity index (χ1) is 16.0. The number of carbonyl (C=O) groups is 2. The largest absolute Gasteiger partial charge is 0.588 e. The van der Waals surface area contributed by atoms with Gasteiger partial charge in [0.1, 0.15) is 33.5 Å². The predicted molar refractivity (Wildman–Crippen MR) is 128 cm³/mol. The van der Waals surface area contributed by atoms with Crippen molar-refractivity contribution in [1.29, 1.82) is 0 Å². The van der Waals surface area contributed by atoms with Crippen molar-refractivity contribution in [3.63, 3.8) is 0 Å². The van der Waals surface area contributed by atoms with E-state index < -0.39 is 17.1 Å². The standard InChI is InChI=1S/C25H19ClN2O4S/c1-32-16-9-11-17(12-10-16)33(31)28-14-13-15-5-4-8-20(23(15)28)27-22-21(26)24(29)18-6-2-3-7-19(18)25(22)30/h2-12,27H,13-14H2,1H3. The fourth-order valence-corrected chi connectivity index (χ4v) is 5.60. The van der Waals surface area contributed by atoms with Crippen LogP contribution in [0.15, 0.2) is 82.4 Å². The number of anilines is 2. The first-order valence-electron chi connectivity index (χ1n) is 10.3. The lowest BCUT2D eigenvalue weighted by Crippen LogP contribution is -2.30. The molecule has 1 unspecified atom stereocenters. The van der Waals surface area contributed by atoms with Crippen molar-refractivity contribution in [2.45, 2.75) is 11.3 Å². The van der Waals surface area contributed by atoms with Crippen LogP contribution in [0.2, 0.25) is 0 Å². The molecule has 1 N–H and O–H groups in total. The van der Waals surface area contributed by atoms with Crippen molar-refractivity contribution in [1.82, 2.24) is 0 Å². The number of Topliss-reactive ketones (excluding diaryl/α,β-unsaturated/α-hetero) is 2. The molecule has 1 aliphatic carbocycles. The highest BCUT2D eigenvalue weighted by Crippen LogP contribution is 2.41. The molecule has 2 aliphatic rings. The molecule has 0 saturated heterocycles. The smallest absolute Gasteiger partial charge is 0.211 e. The molecule has 1 atom stereocenters. The van der Waals surface area contributed by atoms with E-state index >= 15 is 0 Å². The van der Waals surface area contributed by atoms with Gasteiger partial charge in [-0.25, -0.2) is 0 Å². The molecule has 0 saturated carbocycles. The summed E-state index contributed by atoms with van der Waals surface area (Å²) in [6.45, 7) is 0.551. The summed E-state index contributed by atoms with van der Waals surface area (Å²) in [6.07, 6.45) is 0.704. The Balaban J connectivity index is 1.51. The topological polar surface area (TPSA) is 81.7 Å². The summed E-state index contributed by atoms with van der Waals surface area (Å²) in [4.78, 5) is 26.5. The van der Waals surface area contributed by atoms with Gasteiger partial charge in [0.15, 0.2) is 4.90 Å². The third-order valence-corrected chi connectivity index (χ3v) is 7.54. The monoisotopic (exact) mass is 478 g/mol. The Morgan fingerprint density at radius 3 is 2.36 bits per heavy atom. The van der Waals surface area contributed by atoms with Crippen LogP contribution in [0, 0.1) is 0 Å². The van der Waals surface area contributed by atoms with Gasteiger partial charge in [-0.15, -0.1) is 0 Å². The van der Waals surface area contributed by atoms with E-state index in [1.165, 1.54) is 0 Å². The molecule has 1 aliphatic heterocycles. The number of ketones is 2. The number of allylic oxidation sites excluding steroid dienone is 2. The van der Waals surface area contributed by atoms with Crippen molar-refractivity contribution in [2.75, 3.05) is 23.3 Å². The van der Waals surface area contributed by atoms with Crippen LogP contribution in [0.3, 0.4) is 0 Å². The maximum absolute atomic E-state index is 13.4. The molecule has 0 aromatic heterocycles. The van der Waals surface area contributed by atoms with Gasteiger partial charge in [0.05, 0.1) is 19.3 Å². The minimum absolute atomic E-state index is 0.0239. The summed E-state index contributed by atoms with van der Waals surface area (Å²) in [5.41, 5.74) is 2.91. The Kier molecular flexibility index (Phi) is 5.62. The number of halogens is 1. The number of carbonyl (C=O) groups excluding carboxylic acids is 2. The Labute approximate surface area is 199 Å². The summed E-state index contributed by atoms with van der Waals surface area (Å²) < 4.78 is 20.4. The van der Waals surface area contributed by atoms with Crippen molar-refractivity contribution in [2.24, 2.45) is 0 Å². The Hall–Kier alpha value is -3.26. The molecule has 0 bridgehead atoms. The van der Waals surface area contributed by atoms with Crippen LogP contribution in [0.5, 0.6) is 5.75 Å². The van der Waals surface area contributed by atoms with Crippen LogP contribution in [-0.4, -0.2) is 29.8 Å². The second kappa shape index (κ2) is 8.59. The first-order valence-corrected chi connectivity index (χ1v) is 11.8. The van der Waals surface area contributed by atoms with E-state index in [9.17, 15) is 14.1 Å². The fraction of sp³-hybridized carbons (Fsp3) is 0.120. The lowest BCUT2D eigenvalue weighted by molar-refractivity contribution is 0.0982. The molecule has 0 radical (unpaired) electrons. The van der Waals surface area contributed by atoms with E-state index in [0.717, 1.165) is 11.3 Å². The van der Waals surface area contributed by atoms with Crippen molar-refractivity contribution in [3.8, 4) is 5.75 Å². The number of hydrogen-bond donors (Lipinski definition) is 1. The van der Waals surface area contributed by atoms with E-state index in [2.05, 4.69) is 5.32 Å². The SMILES string of the molecule is COc1ccc([S+]([O-])N2CCc3cccc(NC4=C(Cl)C(=O)c5ccccc5C4=O)c32)cc1. The molecular formula is C25H19ClN2O4S. The van der Waals surface area contributed by atoms with Gasteiger partial charge in [0.25, 0.3) is 0 Å². The van der Waals surface area contributed by atoms with Crippen molar-refractivity contribution in [3.05, 3.63) is 94.1 Å².